The topological polar surface area (TPSA) is 102 Å². The summed E-state index contributed by atoms with van der Waals surface area (Å²) in [6, 6.07) is 5.14. The van der Waals surface area contributed by atoms with Crippen molar-refractivity contribution in [2.24, 2.45) is 0 Å². The van der Waals surface area contributed by atoms with Crippen molar-refractivity contribution in [1.82, 2.24) is 24.7 Å². The minimum Gasteiger partial charge on any atom is -0.367 e. The first-order valence-corrected chi connectivity index (χ1v) is 5.83. The lowest BCUT2D eigenvalue weighted by Crippen LogP contribution is -2.22. The highest BCUT2D eigenvalue weighted by Crippen LogP contribution is 2.17. The molecule has 0 saturated carbocycles. The second-order valence-electron chi connectivity index (χ2n) is 3.95. The number of fused-ring (bicyclic) bond motifs is 1. The summed E-state index contributed by atoms with van der Waals surface area (Å²) >= 11 is 6.03. The Morgan fingerprint density at radius 3 is 3.00 bits per heavy atom. The number of nitrogens with one attached hydrogen (secondary N) is 1. The van der Waals surface area contributed by atoms with Gasteiger partial charge in [0, 0.05) is 0 Å². The maximum absolute atomic E-state index is 12.3. The number of aromatic amines is 1. The van der Waals surface area contributed by atoms with Crippen molar-refractivity contribution >= 4 is 28.5 Å². The van der Waals surface area contributed by atoms with Crippen LogP contribution in [0.5, 0.6) is 0 Å². The first kappa shape index (κ1) is 11.7. The molecule has 1 aromatic carbocycles. The number of hydrogen-bond donors (Lipinski definition) is 2. The van der Waals surface area contributed by atoms with Crippen LogP contribution in [0.2, 0.25) is 5.02 Å². The highest BCUT2D eigenvalue weighted by Gasteiger charge is 2.09. The van der Waals surface area contributed by atoms with Gasteiger partial charge in [-0.3, -0.25) is 14.5 Å². The molecule has 96 valence electrons. The third-order valence-electron chi connectivity index (χ3n) is 2.67. The summed E-state index contributed by atoms with van der Waals surface area (Å²) in [5.74, 6) is 0.614. The summed E-state index contributed by atoms with van der Waals surface area (Å²) in [6.07, 6.45) is 1.44. The molecule has 0 amide bonds. The van der Waals surface area contributed by atoms with Gasteiger partial charge in [0.1, 0.15) is 5.82 Å². The molecule has 0 aliphatic carbocycles. The largest absolute Gasteiger partial charge is 0.367 e. The van der Waals surface area contributed by atoms with Gasteiger partial charge in [0.15, 0.2) is 0 Å². The molecule has 2 heterocycles. The molecule has 0 aliphatic rings. The lowest BCUT2D eigenvalue weighted by Gasteiger charge is -2.05. The number of H-pyrrole nitrogens is 1. The van der Waals surface area contributed by atoms with Crippen molar-refractivity contribution in [2.75, 3.05) is 5.73 Å². The number of nitrogens with zero attached hydrogens (tertiary/aromatic N) is 4. The minimum absolute atomic E-state index is 0.134. The van der Waals surface area contributed by atoms with Crippen LogP contribution < -0.4 is 11.3 Å². The number of halogens is 1. The van der Waals surface area contributed by atoms with Crippen LogP contribution in [0.1, 0.15) is 5.82 Å². The number of aromatic nitrogens is 5. The molecular weight excluding hydrogens is 268 g/mol. The number of nitrogens with two attached hydrogens (primary N) is 1. The van der Waals surface area contributed by atoms with Crippen molar-refractivity contribution in [1.29, 1.82) is 0 Å². The molecule has 2 aromatic heterocycles. The van der Waals surface area contributed by atoms with Gasteiger partial charge < -0.3 is 5.73 Å². The molecule has 0 radical (unpaired) electrons. The molecule has 0 spiro atoms. The van der Waals surface area contributed by atoms with Gasteiger partial charge in [0.2, 0.25) is 5.95 Å². The van der Waals surface area contributed by atoms with E-state index in [1.807, 2.05) is 0 Å². The Bertz CT molecular complexity index is 808. The Labute approximate surface area is 112 Å². The van der Waals surface area contributed by atoms with E-state index in [4.69, 9.17) is 17.3 Å². The van der Waals surface area contributed by atoms with Crippen LogP contribution in [0.15, 0.2) is 29.3 Å². The zero-order valence-electron chi connectivity index (χ0n) is 9.67. The highest BCUT2D eigenvalue weighted by molar-refractivity contribution is 6.35. The number of benzene rings is 1. The monoisotopic (exact) mass is 276 g/mol. The Kier molecular flexibility index (Phi) is 2.68. The molecule has 19 heavy (non-hydrogen) atoms. The van der Waals surface area contributed by atoms with Crippen molar-refractivity contribution in [3.8, 4) is 0 Å². The Balaban J connectivity index is 2.13. The fraction of sp³-hybridized carbons (Fsp3) is 0.0909. The van der Waals surface area contributed by atoms with Crippen LogP contribution in [0.25, 0.3) is 10.9 Å². The van der Waals surface area contributed by atoms with E-state index in [9.17, 15) is 4.79 Å². The standard InChI is InChI=1S/C11H9ClN6O/c12-6-2-1-3-7-9(6)10(19)18(5-14-7)4-8-15-11(13)17-16-8/h1-3,5H,4H2,(H3,13,15,16,17). The molecule has 3 aromatic rings. The lowest BCUT2D eigenvalue weighted by atomic mass is 10.2. The molecule has 0 atom stereocenters. The van der Waals surface area contributed by atoms with Crippen molar-refractivity contribution in [2.45, 2.75) is 6.54 Å². The summed E-state index contributed by atoms with van der Waals surface area (Å²) in [5, 5.41) is 7.10. The van der Waals surface area contributed by atoms with Crippen molar-refractivity contribution in [3.05, 3.63) is 45.7 Å². The van der Waals surface area contributed by atoms with Gasteiger partial charge in [-0.15, -0.1) is 5.10 Å². The maximum atomic E-state index is 12.3. The fourth-order valence-corrected chi connectivity index (χ4v) is 2.07. The molecule has 3 rings (SSSR count). The van der Waals surface area contributed by atoms with E-state index in [1.54, 1.807) is 18.2 Å². The van der Waals surface area contributed by atoms with E-state index in [1.165, 1.54) is 10.9 Å². The Hall–Kier alpha value is -2.41. The second-order valence-corrected chi connectivity index (χ2v) is 4.36. The van der Waals surface area contributed by atoms with Gasteiger partial charge in [-0.2, -0.15) is 4.98 Å². The molecule has 3 N–H and O–H groups in total. The van der Waals surface area contributed by atoms with Gasteiger partial charge >= 0.3 is 0 Å². The summed E-state index contributed by atoms with van der Waals surface area (Å²) in [4.78, 5) is 20.4. The second kappa shape index (κ2) is 4.36. The molecule has 0 saturated heterocycles. The lowest BCUT2D eigenvalue weighted by molar-refractivity contribution is 0.710. The predicted molar refractivity (Wildman–Crippen MR) is 70.9 cm³/mol. The highest BCUT2D eigenvalue weighted by atomic mass is 35.5. The van der Waals surface area contributed by atoms with Gasteiger partial charge in [0.05, 0.1) is 28.8 Å². The summed E-state index contributed by atoms with van der Waals surface area (Å²) in [7, 11) is 0. The maximum Gasteiger partial charge on any atom is 0.263 e. The summed E-state index contributed by atoms with van der Waals surface area (Å²) < 4.78 is 1.40. The fourth-order valence-electron chi connectivity index (χ4n) is 1.81. The normalized spacial score (nSPS) is 11.0. The average molecular weight is 277 g/mol. The smallest absolute Gasteiger partial charge is 0.263 e. The van der Waals surface area contributed by atoms with E-state index in [-0.39, 0.29) is 18.1 Å². The number of hydrogen-bond acceptors (Lipinski definition) is 5. The number of nitrogen functional groups attached to an aromatic ring is 1. The van der Waals surface area contributed by atoms with E-state index in [2.05, 4.69) is 20.2 Å². The van der Waals surface area contributed by atoms with E-state index >= 15 is 0 Å². The molecule has 0 fully saturated rings. The van der Waals surface area contributed by atoms with Gasteiger partial charge in [0.25, 0.3) is 5.56 Å². The summed E-state index contributed by atoms with van der Waals surface area (Å²) in [5.41, 5.74) is 5.74. The molecule has 0 aliphatic heterocycles. The summed E-state index contributed by atoms with van der Waals surface area (Å²) in [6.45, 7) is 0.206. The quantitative estimate of drug-likeness (QED) is 0.721. The molecule has 0 bridgehead atoms. The SMILES string of the molecule is Nc1n[nH]c(Cn2cnc3cccc(Cl)c3c2=O)n1. The Morgan fingerprint density at radius 1 is 1.42 bits per heavy atom. The zero-order chi connectivity index (χ0) is 13.4. The van der Waals surface area contributed by atoms with Crippen LogP contribution in [0, 0.1) is 0 Å². The number of anilines is 1. The van der Waals surface area contributed by atoms with Gasteiger partial charge in [-0.1, -0.05) is 17.7 Å². The minimum atomic E-state index is -0.231. The van der Waals surface area contributed by atoms with Crippen LogP contribution >= 0.6 is 11.6 Å². The third kappa shape index (κ3) is 2.04. The third-order valence-corrected chi connectivity index (χ3v) is 2.99. The van der Waals surface area contributed by atoms with Crippen LogP contribution in [0.3, 0.4) is 0 Å². The molecule has 8 heteroatoms. The average Bonchev–Trinajstić information content (AvgIpc) is 2.78. The zero-order valence-corrected chi connectivity index (χ0v) is 10.4. The Morgan fingerprint density at radius 2 is 2.26 bits per heavy atom. The first-order valence-electron chi connectivity index (χ1n) is 5.45. The number of rotatable bonds is 2. The van der Waals surface area contributed by atoms with Gasteiger partial charge in [-0.25, -0.2) is 4.98 Å². The van der Waals surface area contributed by atoms with Crippen molar-refractivity contribution in [3.63, 3.8) is 0 Å². The van der Waals surface area contributed by atoms with Crippen LogP contribution in [0.4, 0.5) is 5.95 Å². The first-order chi connectivity index (χ1) is 9.15. The molecule has 7 nitrogen and oxygen atoms in total. The molecule has 0 unspecified atom stereocenters. The van der Waals surface area contributed by atoms with E-state index in [0.717, 1.165) is 0 Å². The van der Waals surface area contributed by atoms with E-state index < -0.39 is 0 Å². The van der Waals surface area contributed by atoms with E-state index in [0.29, 0.717) is 21.7 Å². The van der Waals surface area contributed by atoms with Crippen LogP contribution in [-0.2, 0) is 6.54 Å². The van der Waals surface area contributed by atoms with Crippen molar-refractivity contribution < 1.29 is 0 Å². The van der Waals surface area contributed by atoms with Crippen LogP contribution in [-0.4, -0.2) is 24.7 Å². The van der Waals surface area contributed by atoms with Gasteiger partial charge in [-0.05, 0) is 12.1 Å². The predicted octanol–water partition coefficient (Wildman–Crippen LogP) is 0.798. The molecular formula is C11H9ClN6O.